The standard InChI is InChI=1S/C11H8BrN3O2S/c1-2-17-10(16)7-5-15-8-3-6(12)4-13-9(8)18-11(15)14-7/h3-5H,2H2,1H3. The van der Waals surface area contributed by atoms with Crippen molar-refractivity contribution in [3.05, 3.63) is 28.6 Å². The minimum atomic E-state index is -0.399. The smallest absolute Gasteiger partial charge is 0.358 e. The molecular formula is C11H8BrN3O2S. The molecule has 3 aromatic heterocycles. The maximum absolute atomic E-state index is 11.6. The number of aromatic nitrogens is 3. The van der Waals surface area contributed by atoms with Crippen molar-refractivity contribution in [1.29, 1.82) is 0 Å². The Morgan fingerprint density at radius 3 is 3.22 bits per heavy atom. The van der Waals surface area contributed by atoms with Crippen LogP contribution in [0.3, 0.4) is 0 Å². The van der Waals surface area contributed by atoms with E-state index in [1.54, 1.807) is 19.3 Å². The minimum absolute atomic E-state index is 0.324. The summed E-state index contributed by atoms with van der Waals surface area (Å²) in [6, 6.07) is 1.95. The summed E-state index contributed by atoms with van der Waals surface area (Å²) in [5, 5.41) is 0. The maximum Gasteiger partial charge on any atom is 0.358 e. The first-order valence-electron chi connectivity index (χ1n) is 5.29. The first-order valence-corrected chi connectivity index (χ1v) is 6.90. The molecule has 0 spiro atoms. The molecule has 0 radical (unpaired) electrons. The quantitative estimate of drug-likeness (QED) is 0.680. The third-order valence-electron chi connectivity index (χ3n) is 2.40. The summed E-state index contributed by atoms with van der Waals surface area (Å²) < 4.78 is 7.67. The van der Waals surface area contributed by atoms with Crippen molar-refractivity contribution in [2.24, 2.45) is 0 Å². The van der Waals surface area contributed by atoms with Crippen molar-refractivity contribution < 1.29 is 9.53 Å². The molecule has 0 unspecified atom stereocenters. The van der Waals surface area contributed by atoms with Gasteiger partial charge in [0, 0.05) is 16.9 Å². The van der Waals surface area contributed by atoms with Crippen LogP contribution in [0.5, 0.6) is 0 Å². The highest BCUT2D eigenvalue weighted by Gasteiger charge is 2.15. The van der Waals surface area contributed by atoms with Crippen LogP contribution in [0.25, 0.3) is 15.3 Å². The van der Waals surface area contributed by atoms with Gasteiger partial charge in [0.25, 0.3) is 0 Å². The molecular weight excluding hydrogens is 318 g/mol. The summed E-state index contributed by atoms with van der Waals surface area (Å²) in [5.41, 5.74) is 1.25. The number of ether oxygens (including phenoxy) is 1. The fourth-order valence-corrected chi connectivity index (χ4v) is 2.92. The molecule has 3 rings (SSSR count). The number of carbonyl (C=O) groups excluding carboxylic acids is 1. The summed E-state index contributed by atoms with van der Waals surface area (Å²) in [5.74, 6) is -0.399. The zero-order chi connectivity index (χ0) is 12.7. The molecule has 0 bridgehead atoms. The molecule has 0 amide bonds. The van der Waals surface area contributed by atoms with Gasteiger partial charge >= 0.3 is 5.97 Å². The molecule has 0 atom stereocenters. The summed E-state index contributed by atoms with van der Waals surface area (Å²) in [6.45, 7) is 2.12. The lowest BCUT2D eigenvalue weighted by Gasteiger charge is -1.96. The number of pyridine rings is 1. The predicted octanol–water partition coefficient (Wildman–Crippen LogP) is 2.88. The Morgan fingerprint density at radius 2 is 2.44 bits per heavy atom. The van der Waals surface area contributed by atoms with Crippen molar-refractivity contribution in [2.45, 2.75) is 6.92 Å². The molecule has 0 N–H and O–H groups in total. The largest absolute Gasteiger partial charge is 0.461 e. The lowest BCUT2D eigenvalue weighted by atomic mass is 10.4. The molecule has 0 saturated heterocycles. The van der Waals surface area contributed by atoms with Gasteiger partial charge in [0.2, 0.25) is 0 Å². The number of thiazole rings is 1. The maximum atomic E-state index is 11.6. The van der Waals surface area contributed by atoms with Crippen molar-refractivity contribution in [2.75, 3.05) is 6.61 Å². The van der Waals surface area contributed by atoms with E-state index in [1.807, 2.05) is 10.5 Å². The molecule has 0 fully saturated rings. The zero-order valence-corrected chi connectivity index (χ0v) is 11.8. The highest BCUT2D eigenvalue weighted by molar-refractivity contribution is 9.10. The summed E-state index contributed by atoms with van der Waals surface area (Å²) in [6.07, 6.45) is 3.42. The van der Waals surface area contributed by atoms with Crippen molar-refractivity contribution in [1.82, 2.24) is 14.4 Å². The van der Waals surface area contributed by atoms with Crippen molar-refractivity contribution >= 4 is 48.5 Å². The number of nitrogens with zero attached hydrogens (tertiary/aromatic N) is 3. The average molecular weight is 326 g/mol. The fraction of sp³-hybridized carbons (Fsp3) is 0.182. The van der Waals surface area contributed by atoms with Gasteiger partial charge in [-0.15, -0.1) is 0 Å². The summed E-state index contributed by atoms with van der Waals surface area (Å²) in [4.78, 5) is 21.8. The van der Waals surface area contributed by atoms with Gasteiger partial charge in [0.1, 0.15) is 4.83 Å². The van der Waals surface area contributed by atoms with E-state index in [9.17, 15) is 4.79 Å². The average Bonchev–Trinajstić information content (AvgIpc) is 2.87. The lowest BCUT2D eigenvalue weighted by Crippen LogP contribution is -2.04. The first-order chi connectivity index (χ1) is 8.69. The van der Waals surface area contributed by atoms with E-state index in [0.717, 1.165) is 19.8 Å². The molecule has 92 valence electrons. The number of carbonyl (C=O) groups is 1. The first kappa shape index (κ1) is 11.6. The predicted molar refractivity (Wildman–Crippen MR) is 72.0 cm³/mol. The normalized spacial score (nSPS) is 11.2. The SMILES string of the molecule is CCOC(=O)c1cn2c(n1)sc1ncc(Br)cc12. The second kappa shape index (κ2) is 4.33. The van der Waals surface area contributed by atoms with E-state index in [2.05, 4.69) is 25.9 Å². The van der Waals surface area contributed by atoms with E-state index < -0.39 is 5.97 Å². The van der Waals surface area contributed by atoms with Crippen LogP contribution < -0.4 is 0 Å². The van der Waals surface area contributed by atoms with Crippen LogP contribution in [0.15, 0.2) is 22.9 Å². The monoisotopic (exact) mass is 325 g/mol. The van der Waals surface area contributed by atoms with E-state index in [-0.39, 0.29) is 0 Å². The molecule has 18 heavy (non-hydrogen) atoms. The molecule has 0 aliphatic heterocycles. The van der Waals surface area contributed by atoms with Crippen molar-refractivity contribution in [3.8, 4) is 0 Å². The molecule has 7 heteroatoms. The highest BCUT2D eigenvalue weighted by atomic mass is 79.9. The van der Waals surface area contributed by atoms with Gasteiger partial charge in [0.05, 0.1) is 12.1 Å². The summed E-state index contributed by atoms with van der Waals surface area (Å²) in [7, 11) is 0. The van der Waals surface area contributed by atoms with Crippen LogP contribution in [0.1, 0.15) is 17.4 Å². The third kappa shape index (κ3) is 1.79. The number of imidazole rings is 1. The highest BCUT2D eigenvalue weighted by Crippen LogP contribution is 2.26. The van der Waals surface area contributed by atoms with Crippen LogP contribution in [0, 0.1) is 0 Å². The number of hydrogen-bond acceptors (Lipinski definition) is 5. The molecule has 3 aromatic rings. The van der Waals surface area contributed by atoms with Gasteiger partial charge in [-0.3, -0.25) is 4.40 Å². The Labute approximate surface area is 115 Å². The van der Waals surface area contributed by atoms with E-state index >= 15 is 0 Å². The second-order valence-electron chi connectivity index (χ2n) is 3.58. The van der Waals surface area contributed by atoms with Gasteiger partial charge in [-0.1, -0.05) is 11.3 Å². The van der Waals surface area contributed by atoms with Gasteiger partial charge in [-0.25, -0.2) is 14.8 Å². The molecule has 0 aromatic carbocycles. The number of hydrogen-bond donors (Lipinski definition) is 0. The van der Waals surface area contributed by atoms with Crippen LogP contribution in [0.4, 0.5) is 0 Å². The topological polar surface area (TPSA) is 56.5 Å². The Bertz CT molecular complexity index is 749. The number of esters is 1. The Kier molecular flexibility index (Phi) is 2.79. The van der Waals surface area contributed by atoms with Crippen LogP contribution in [-0.4, -0.2) is 26.9 Å². The molecule has 3 heterocycles. The fourth-order valence-electron chi connectivity index (χ4n) is 1.66. The number of fused-ring (bicyclic) bond motifs is 3. The van der Waals surface area contributed by atoms with Crippen LogP contribution in [-0.2, 0) is 4.74 Å². The Hall–Kier alpha value is -1.47. The van der Waals surface area contributed by atoms with E-state index in [0.29, 0.717) is 12.3 Å². The second-order valence-corrected chi connectivity index (χ2v) is 5.45. The van der Waals surface area contributed by atoms with Crippen molar-refractivity contribution in [3.63, 3.8) is 0 Å². The molecule has 0 aliphatic carbocycles. The number of rotatable bonds is 2. The van der Waals surface area contributed by atoms with Crippen LogP contribution in [0.2, 0.25) is 0 Å². The Morgan fingerprint density at radius 1 is 1.61 bits per heavy atom. The van der Waals surface area contributed by atoms with Crippen LogP contribution >= 0.6 is 27.3 Å². The third-order valence-corrected chi connectivity index (χ3v) is 3.82. The van der Waals surface area contributed by atoms with E-state index in [4.69, 9.17) is 4.74 Å². The Balaban J connectivity index is 2.18. The van der Waals surface area contributed by atoms with Gasteiger partial charge in [0.15, 0.2) is 10.7 Å². The minimum Gasteiger partial charge on any atom is -0.461 e. The van der Waals surface area contributed by atoms with Gasteiger partial charge in [-0.2, -0.15) is 0 Å². The van der Waals surface area contributed by atoms with E-state index in [1.165, 1.54) is 11.3 Å². The van der Waals surface area contributed by atoms with Gasteiger partial charge in [-0.05, 0) is 28.9 Å². The van der Waals surface area contributed by atoms with Gasteiger partial charge < -0.3 is 4.74 Å². The summed E-state index contributed by atoms with van der Waals surface area (Å²) >= 11 is 4.82. The molecule has 0 saturated carbocycles. The molecule has 5 nitrogen and oxygen atoms in total. The lowest BCUT2D eigenvalue weighted by molar-refractivity contribution is 0.0520. The zero-order valence-electron chi connectivity index (χ0n) is 9.38. The molecule has 0 aliphatic rings. The number of halogens is 1.